The number of methoxy groups -OCH3 is 1. The molecule has 6 heteroatoms. The van der Waals surface area contributed by atoms with Gasteiger partial charge in [0.25, 0.3) is 5.91 Å². The topological polar surface area (TPSA) is 56.1 Å². The van der Waals surface area contributed by atoms with E-state index in [0.717, 1.165) is 27.8 Å². The van der Waals surface area contributed by atoms with Crippen LogP contribution in [-0.2, 0) is 6.54 Å². The molecule has 1 atom stereocenters. The molecule has 0 aliphatic rings. The molecule has 0 aliphatic heterocycles. The van der Waals surface area contributed by atoms with Crippen molar-refractivity contribution in [1.29, 1.82) is 0 Å². The molecule has 3 aromatic carbocycles. The lowest BCUT2D eigenvalue weighted by atomic mass is 10.1. The number of hydrogen-bond donors (Lipinski definition) is 1. The minimum atomic E-state index is -0.270. The van der Waals surface area contributed by atoms with Crippen molar-refractivity contribution in [3.05, 3.63) is 95.4 Å². The monoisotopic (exact) mass is 403 g/mol. The molecule has 0 unspecified atom stereocenters. The molecule has 1 aromatic heterocycles. The van der Waals surface area contributed by atoms with E-state index in [-0.39, 0.29) is 17.8 Å². The SMILES string of the molecule is COc1cccc([C@H](C)NC(=O)c2ccc3cnn(Cc4ccc(F)cc4)c3c2)c1. The summed E-state index contributed by atoms with van der Waals surface area (Å²) in [5.74, 6) is 0.314. The van der Waals surface area contributed by atoms with Gasteiger partial charge in [-0.25, -0.2) is 4.39 Å². The summed E-state index contributed by atoms with van der Waals surface area (Å²) < 4.78 is 20.2. The molecular weight excluding hydrogens is 381 g/mol. The number of nitrogens with one attached hydrogen (secondary N) is 1. The van der Waals surface area contributed by atoms with Crippen LogP contribution < -0.4 is 10.1 Å². The molecule has 0 fully saturated rings. The van der Waals surface area contributed by atoms with Gasteiger partial charge in [0, 0.05) is 10.9 Å². The second-order valence-electron chi connectivity index (χ2n) is 7.17. The Morgan fingerprint density at radius 2 is 1.93 bits per heavy atom. The fourth-order valence-corrected chi connectivity index (χ4v) is 3.37. The number of carbonyl (C=O) groups is 1. The summed E-state index contributed by atoms with van der Waals surface area (Å²) in [6, 6.07) is 19.3. The Balaban J connectivity index is 1.54. The van der Waals surface area contributed by atoms with Crippen molar-refractivity contribution < 1.29 is 13.9 Å². The highest BCUT2D eigenvalue weighted by atomic mass is 19.1. The zero-order valence-corrected chi connectivity index (χ0v) is 16.8. The lowest BCUT2D eigenvalue weighted by molar-refractivity contribution is 0.0940. The molecule has 1 N–H and O–H groups in total. The first-order valence-electron chi connectivity index (χ1n) is 9.68. The summed E-state index contributed by atoms with van der Waals surface area (Å²) in [6.45, 7) is 2.43. The highest BCUT2D eigenvalue weighted by Gasteiger charge is 2.14. The summed E-state index contributed by atoms with van der Waals surface area (Å²) in [4.78, 5) is 12.8. The molecule has 0 saturated heterocycles. The first kappa shape index (κ1) is 19.6. The molecule has 0 aliphatic carbocycles. The third kappa shape index (κ3) is 4.17. The van der Waals surface area contributed by atoms with Crippen LogP contribution >= 0.6 is 0 Å². The Kier molecular flexibility index (Phi) is 5.48. The van der Waals surface area contributed by atoms with Gasteiger partial charge in [-0.05, 0) is 54.4 Å². The van der Waals surface area contributed by atoms with Gasteiger partial charge in [0.1, 0.15) is 11.6 Å². The second kappa shape index (κ2) is 8.37. The lowest BCUT2D eigenvalue weighted by Crippen LogP contribution is -2.26. The molecule has 1 heterocycles. The first-order chi connectivity index (χ1) is 14.5. The van der Waals surface area contributed by atoms with Gasteiger partial charge in [-0.1, -0.05) is 30.3 Å². The second-order valence-corrected chi connectivity index (χ2v) is 7.17. The Morgan fingerprint density at radius 3 is 2.70 bits per heavy atom. The van der Waals surface area contributed by atoms with Crippen LogP contribution in [0.1, 0.15) is 34.5 Å². The quantitative estimate of drug-likeness (QED) is 0.507. The number of aromatic nitrogens is 2. The van der Waals surface area contributed by atoms with Crippen LogP contribution in [0, 0.1) is 5.82 Å². The van der Waals surface area contributed by atoms with Gasteiger partial charge in [-0.15, -0.1) is 0 Å². The molecule has 152 valence electrons. The van der Waals surface area contributed by atoms with Crippen LogP contribution in [0.4, 0.5) is 4.39 Å². The standard InChI is InChI=1S/C24H22FN3O2/c1-16(18-4-3-5-22(12-18)30-2)27-24(29)19-8-9-20-14-26-28(23(20)13-19)15-17-6-10-21(25)11-7-17/h3-14,16H,15H2,1-2H3,(H,27,29)/t16-/m0/s1. The number of amides is 1. The lowest BCUT2D eigenvalue weighted by Gasteiger charge is -2.15. The van der Waals surface area contributed by atoms with E-state index in [4.69, 9.17) is 4.74 Å². The molecule has 0 spiro atoms. The van der Waals surface area contributed by atoms with Crippen LogP contribution in [0.2, 0.25) is 0 Å². The zero-order valence-electron chi connectivity index (χ0n) is 16.8. The Morgan fingerprint density at radius 1 is 1.13 bits per heavy atom. The van der Waals surface area contributed by atoms with Crippen molar-refractivity contribution in [1.82, 2.24) is 15.1 Å². The predicted octanol–water partition coefficient (Wildman–Crippen LogP) is 4.72. The van der Waals surface area contributed by atoms with E-state index in [1.165, 1.54) is 12.1 Å². The minimum absolute atomic E-state index is 0.165. The van der Waals surface area contributed by atoms with Crippen LogP contribution in [0.5, 0.6) is 5.75 Å². The van der Waals surface area contributed by atoms with Crippen LogP contribution in [0.25, 0.3) is 10.9 Å². The zero-order chi connectivity index (χ0) is 21.1. The van der Waals surface area contributed by atoms with E-state index >= 15 is 0 Å². The molecule has 0 radical (unpaired) electrons. The molecule has 4 aromatic rings. The summed E-state index contributed by atoms with van der Waals surface area (Å²) in [5.41, 5.74) is 3.30. The Labute approximate surface area is 174 Å². The summed E-state index contributed by atoms with van der Waals surface area (Å²) in [5, 5.41) is 8.39. The number of ether oxygens (including phenoxy) is 1. The van der Waals surface area contributed by atoms with E-state index in [2.05, 4.69) is 10.4 Å². The van der Waals surface area contributed by atoms with Gasteiger partial charge in [0.15, 0.2) is 0 Å². The first-order valence-corrected chi connectivity index (χ1v) is 9.68. The Bertz CT molecular complexity index is 1180. The molecule has 30 heavy (non-hydrogen) atoms. The third-order valence-corrected chi connectivity index (χ3v) is 5.09. The van der Waals surface area contributed by atoms with Crippen LogP contribution in [0.15, 0.2) is 72.9 Å². The molecular formula is C24H22FN3O2. The molecule has 0 bridgehead atoms. The van der Waals surface area contributed by atoms with Gasteiger partial charge in [-0.2, -0.15) is 5.10 Å². The van der Waals surface area contributed by atoms with Crippen molar-refractivity contribution in [3.63, 3.8) is 0 Å². The number of benzene rings is 3. The molecule has 5 nitrogen and oxygen atoms in total. The number of carbonyl (C=O) groups excluding carboxylic acids is 1. The summed E-state index contributed by atoms with van der Waals surface area (Å²) in [6.07, 6.45) is 1.76. The maximum atomic E-state index is 13.2. The normalized spacial score (nSPS) is 12.0. The van der Waals surface area contributed by atoms with Crippen molar-refractivity contribution in [3.8, 4) is 5.75 Å². The average Bonchev–Trinajstić information content (AvgIpc) is 3.17. The number of hydrogen-bond acceptors (Lipinski definition) is 3. The van der Waals surface area contributed by atoms with Gasteiger partial charge in [0.05, 0.1) is 31.4 Å². The van der Waals surface area contributed by atoms with Gasteiger partial charge >= 0.3 is 0 Å². The van der Waals surface area contributed by atoms with Crippen molar-refractivity contribution in [2.45, 2.75) is 19.5 Å². The van der Waals surface area contributed by atoms with Crippen molar-refractivity contribution in [2.24, 2.45) is 0 Å². The van der Waals surface area contributed by atoms with Crippen LogP contribution in [0.3, 0.4) is 0 Å². The van der Waals surface area contributed by atoms with Crippen molar-refractivity contribution >= 4 is 16.8 Å². The average molecular weight is 403 g/mol. The fourth-order valence-electron chi connectivity index (χ4n) is 3.37. The summed E-state index contributed by atoms with van der Waals surface area (Å²) in [7, 11) is 1.62. The number of rotatable bonds is 6. The summed E-state index contributed by atoms with van der Waals surface area (Å²) >= 11 is 0. The predicted molar refractivity (Wildman–Crippen MR) is 114 cm³/mol. The largest absolute Gasteiger partial charge is 0.497 e. The van der Waals surface area contributed by atoms with E-state index < -0.39 is 0 Å². The van der Waals surface area contributed by atoms with Gasteiger partial charge in [0.2, 0.25) is 0 Å². The van der Waals surface area contributed by atoms with Crippen molar-refractivity contribution in [2.75, 3.05) is 7.11 Å². The van der Waals surface area contributed by atoms with E-state index in [9.17, 15) is 9.18 Å². The molecule has 1 amide bonds. The fraction of sp³-hybridized carbons (Fsp3) is 0.167. The third-order valence-electron chi connectivity index (χ3n) is 5.09. The minimum Gasteiger partial charge on any atom is -0.497 e. The smallest absolute Gasteiger partial charge is 0.251 e. The Hall–Kier alpha value is -3.67. The van der Waals surface area contributed by atoms with E-state index in [1.54, 1.807) is 31.5 Å². The van der Waals surface area contributed by atoms with E-state index in [1.807, 2.05) is 48.0 Å². The van der Waals surface area contributed by atoms with Gasteiger partial charge < -0.3 is 10.1 Å². The highest BCUT2D eigenvalue weighted by Crippen LogP contribution is 2.21. The molecule has 0 saturated carbocycles. The number of nitrogens with zero attached hydrogens (tertiary/aromatic N) is 2. The number of halogens is 1. The number of fused-ring (bicyclic) bond motifs is 1. The van der Waals surface area contributed by atoms with Crippen LogP contribution in [-0.4, -0.2) is 22.8 Å². The maximum absolute atomic E-state index is 13.2. The van der Waals surface area contributed by atoms with Gasteiger partial charge in [-0.3, -0.25) is 9.48 Å². The van der Waals surface area contributed by atoms with E-state index in [0.29, 0.717) is 12.1 Å². The molecule has 4 rings (SSSR count). The highest BCUT2D eigenvalue weighted by molar-refractivity contribution is 5.98. The maximum Gasteiger partial charge on any atom is 0.251 e.